The molecule has 0 heterocycles. The van der Waals surface area contributed by atoms with E-state index in [1.165, 1.54) is 18.2 Å². The molecule has 0 atom stereocenters. The molecule has 1 aliphatic carbocycles. The van der Waals surface area contributed by atoms with Crippen LogP contribution in [0, 0.1) is 17.0 Å². The van der Waals surface area contributed by atoms with Crippen molar-refractivity contribution in [1.29, 1.82) is 0 Å². The Morgan fingerprint density at radius 2 is 1.53 bits per heavy atom. The number of alkyl halides is 2. The predicted octanol–water partition coefficient (Wildman–Crippen LogP) is 7.62. The van der Waals surface area contributed by atoms with Crippen LogP contribution in [-0.4, -0.2) is 11.8 Å². The van der Waals surface area contributed by atoms with Gasteiger partial charge in [-0.25, -0.2) is 17.6 Å². The minimum absolute atomic E-state index is 0.0946. The van der Waals surface area contributed by atoms with Crippen LogP contribution in [0.3, 0.4) is 0 Å². The van der Waals surface area contributed by atoms with E-state index in [1.54, 1.807) is 31.2 Å². The summed E-state index contributed by atoms with van der Waals surface area (Å²) in [7, 11) is 0. The average Bonchev–Trinajstić information content (AvgIpc) is 2.76. The van der Waals surface area contributed by atoms with Crippen molar-refractivity contribution in [3.8, 4) is 0 Å². The first-order valence-electron chi connectivity index (χ1n) is 10.9. The van der Waals surface area contributed by atoms with Gasteiger partial charge >= 0.3 is 0 Å². The highest BCUT2D eigenvalue weighted by Crippen LogP contribution is 2.44. The first-order chi connectivity index (χ1) is 15.0. The molecular formula is C26H32F4N2. The van der Waals surface area contributed by atoms with Crippen LogP contribution in [0.5, 0.6) is 0 Å². The maximum Gasteiger partial charge on any atom is 0.248 e. The van der Waals surface area contributed by atoms with Gasteiger partial charge in [-0.1, -0.05) is 50.6 Å². The zero-order valence-electron chi connectivity index (χ0n) is 19.0. The standard InChI is InChI=1S/C17H16F2N2.C9H16F2/c1-12(20)21-11-15-10-14(6-9-17(15)19)3-2-13-4-7-16(18)8-5-13;1-3-8(2)4-6-9(10,11)7-5-8/h2-10H,11H2,1H3,(H2,20,21);3-7H2,1-2H3/b3-2+;. The molecule has 174 valence electrons. The normalized spacial score (nSPS) is 17.7. The SMILES string of the molecule is CC(N)=NCc1cc(/C=C/c2ccc(F)cc2)ccc1F.CCC1(C)CCC(F)(F)CC1. The largest absolute Gasteiger partial charge is 0.388 e. The molecule has 0 spiro atoms. The molecule has 0 unspecified atom stereocenters. The number of hydrogen-bond donors (Lipinski definition) is 1. The fourth-order valence-corrected chi connectivity index (χ4v) is 3.37. The molecular weight excluding hydrogens is 416 g/mol. The molecule has 0 bridgehead atoms. The van der Waals surface area contributed by atoms with Gasteiger partial charge in [-0.3, -0.25) is 4.99 Å². The molecule has 3 rings (SSSR count). The van der Waals surface area contributed by atoms with Gasteiger partial charge in [0.1, 0.15) is 11.6 Å². The van der Waals surface area contributed by atoms with Crippen LogP contribution < -0.4 is 5.73 Å². The Bertz CT molecular complexity index is 919. The van der Waals surface area contributed by atoms with Crippen LogP contribution in [0.25, 0.3) is 12.2 Å². The Morgan fingerprint density at radius 1 is 0.969 bits per heavy atom. The third-order valence-corrected chi connectivity index (χ3v) is 5.95. The monoisotopic (exact) mass is 448 g/mol. The lowest BCUT2D eigenvalue weighted by atomic mass is 9.73. The number of aliphatic imine (C=N–C) groups is 1. The van der Waals surface area contributed by atoms with Gasteiger partial charge in [0.15, 0.2) is 0 Å². The van der Waals surface area contributed by atoms with Crippen molar-refractivity contribution >= 4 is 18.0 Å². The molecule has 2 N–H and O–H groups in total. The van der Waals surface area contributed by atoms with Gasteiger partial charge in [0.25, 0.3) is 0 Å². The summed E-state index contributed by atoms with van der Waals surface area (Å²) < 4.78 is 51.8. The highest BCUT2D eigenvalue weighted by atomic mass is 19.3. The fraction of sp³-hybridized carbons (Fsp3) is 0.423. The summed E-state index contributed by atoms with van der Waals surface area (Å²) in [6, 6.07) is 11.0. The number of benzene rings is 2. The zero-order chi connectivity index (χ0) is 23.8. The molecule has 1 saturated carbocycles. The zero-order valence-corrected chi connectivity index (χ0v) is 19.0. The van der Waals surface area contributed by atoms with E-state index in [1.807, 2.05) is 12.2 Å². The summed E-state index contributed by atoms with van der Waals surface area (Å²) in [5, 5.41) is 0. The first kappa shape index (κ1) is 25.6. The lowest BCUT2D eigenvalue weighted by Crippen LogP contribution is -2.30. The Morgan fingerprint density at radius 3 is 2.09 bits per heavy atom. The molecule has 1 fully saturated rings. The van der Waals surface area contributed by atoms with Gasteiger partial charge in [0.05, 0.1) is 12.4 Å². The van der Waals surface area contributed by atoms with Gasteiger partial charge in [-0.2, -0.15) is 0 Å². The molecule has 1 aliphatic rings. The number of nitrogens with zero attached hydrogens (tertiary/aromatic N) is 1. The maximum atomic E-state index is 13.7. The summed E-state index contributed by atoms with van der Waals surface area (Å²) in [6.07, 6.45) is 6.29. The van der Waals surface area contributed by atoms with Crippen LogP contribution in [0.4, 0.5) is 17.6 Å². The molecule has 2 aromatic carbocycles. The van der Waals surface area contributed by atoms with Gasteiger partial charge < -0.3 is 5.73 Å². The summed E-state index contributed by atoms with van der Waals surface area (Å²) in [4.78, 5) is 4.01. The quantitative estimate of drug-likeness (QED) is 0.217. The molecule has 0 saturated heterocycles. The van der Waals surface area contributed by atoms with Crippen LogP contribution in [0.1, 0.15) is 69.6 Å². The van der Waals surface area contributed by atoms with Crippen LogP contribution in [-0.2, 0) is 6.54 Å². The Labute approximate surface area is 188 Å². The van der Waals surface area contributed by atoms with E-state index in [0.29, 0.717) is 24.2 Å². The highest BCUT2D eigenvalue weighted by molar-refractivity contribution is 5.77. The number of nitrogens with two attached hydrogens (primary N) is 1. The summed E-state index contributed by atoms with van der Waals surface area (Å²) in [5.74, 6) is -2.53. The number of rotatable bonds is 5. The minimum atomic E-state index is -2.37. The van der Waals surface area contributed by atoms with Crippen LogP contribution in [0.15, 0.2) is 47.5 Å². The van der Waals surface area contributed by atoms with Gasteiger partial charge in [0, 0.05) is 18.4 Å². The second kappa shape index (κ2) is 11.3. The van der Waals surface area contributed by atoms with E-state index in [-0.39, 0.29) is 36.4 Å². The summed E-state index contributed by atoms with van der Waals surface area (Å²) >= 11 is 0. The fourth-order valence-electron chi connectivity index (χ4n) is 3.37. The molecule has 0 radical (unpaired) electrons. The molecule has 0 aliphatic heterocycles. The van der Waals surface area contributed by atoms with Gasteiger partial charge in [-0.15, -0.1) is 0 Å². The van der Waals surface area contributed by atoms with Crippen molar-refractivity contribution in [2.24, 2.45) is 16.1 Å². The Kier molecular flexibility index (Phi) is 9.05. The molecule has 6 heteroatoms. The predicted molar refractivity (Wildman–Crippen MR) is 125 cm³/mol. The van der Waals surface area contributed by atoms with E-state index in [4.69, 9.17) is 5.73 Å². The van der Waals surface area contributed by atoms with Crippen LogP contribution >= 0.6 is 0 Å². The van der Waals surface area contributed by atoms with E-state index in [2.05, 4.69) is 18.8 Å². The van der Waals surface area contributed by atoms with Crippen molar-refractivity contribution in [3.05, 3.63) is 70.8 Å². The van der Waals surface area contributed by atoms with Gasteiger partial charge in [0.2, 0.25) is 5.92 Å². The number of hydrogen-bond acceptors (Lipinski definition) is 1. The molecule has 0 amide bonds. The second-order valence-electron chi connectivity index (χ2n) is 8.71. The van der Waals surface area contributed by atoms with Crippen LogP contribution in [0.2, 0.25) is 0 Å². The maximum absolute atomic E-state index is 13.7. The van der Waals surface area contributed by atoms with Crippen molar-refractivity contribution in [2.45, 2.75) is 65.3 Å². The van der Waals surface area contributed by atoms with E-state index in [9.17, 15) is 17.6 Å². The summed E-state index contributed by atoms with van der Waals surface area (Å²) in [5.41, 5.74) is 7.86. The topological polar surface area (TPSA) is 38.4 Å². The van der Waals surface area contributed by atoms with E-state index in [0.717, 1.165) is 17.5 Å². The van der Waals surface area contributed by atoms with E-state index < -0.39 is 5.92 Å². The molecule has 2 nitrogen and oxygen atoms in total. The van der Waals surface area contributed by atoms with Crippen molar-refractivity contribution in [3.63, 3.8) is 0 Å². The van der Waals surface area contributed by atoms with E-state index >= 15 is 0 Å². The third kappa shape index (κ3) is 8.48. The molecule has 32 heavy (non-hydrogen) atoms. The Hall–Kier alpha value is -2.63. The third-order valence-electron chi connectivity index (χ3n) is 5.95. The lowest BCUT2D eigenvalue weighted by Gasteiger charge is -2.36. The second-order valence-corrected chi connectivity index (χ2v) is 8.71. The molecule has 2 aromatic rings. The first-order valence-corrected chi connectivity index (χ1v) is 10.9. The Balaban J connectivity index is 0.000000278. The van der Waals surface area contributed by atoms with Crippen molar-refractivity contribution < 1.29 is 17.6 Å². The number of amidine groups is 1. The number of halogens is 4. The van der Waals surface area contributed by atoms with Crippen molar-refractivity contribution in [2.75, 3.05) is 0 Å². The lowest BCUT2D eigenvalue weighted by molar-refractivity contribution is -0.0640. The molecule has 0 aromatic heterocycles. The smallest absolute Gasteiger partial charge is 0.248 e. The minimum Gasteiger partial charge on any atom is -0.388 e. The van der Waals surface area contributed by atoms with Crippen molar-refractivity contribution in [1.82, 2.24) is 0 Å². The average molecular weight is 449 g/mol. The highest BCUT2D eigenvalue weighted by Gasteiger charge is 2.39. The van der Waals surface area contributed by atoms with Gasteiger partial charge in [-0.05, 0) is 60.6 Å². The summed E-state index contributed by atoms with van der Waals surface area (Å²) in [6.45, 7) is 6.08.